The molecule has 0 aromatic heterocycles. The van der Waals surface area contributed by atoms with Crippen molar-refractivity contribution in [3.63, 3.8) is 0 Å². The normalized spacial score (nSPS) is 34.9. The fourth-order valence-electron chi connectivity index (χ4n) is 6.76. The monoisotopic (exact) mass is 519 g/mol. The average molecular weight is 520 g/mol. The van der Waals surface area contributed by atoms with Gasteiger partial charge in [0.05, 0.1) is 37.9 Å². The number of carbonyl (C=O) groups excluding carboxylic acids is 3. The van der Waals surface area contributed by atoms with Crippen LogP contribution in [0.1, 0.15) is 26.7 Å². The van der Waals surface area contributed by atoms with E-state index in [0.717, 1.165) is 13.1 Å². The first-order chi connectivity index (χ1) is 17.7. The standard InChI is InChI=1S/C27H41N3O7/c1-5-7-15-36-25(34)21-20-23(32)30(11-14-31)22(27(20)18-19(3)26(21,4)37-27)24(33)29(8-6-2)10-9-28-12-16-35-17-13-28/h5-6,19-22,31H,1-2,7-18H2,3-4H3/t19?,20-,21-,22?,26+,27?/m0/s1. The quantitative estimate of drug-likeness (QED) is 0.225. The van der Waals surface area contributed by atoms with E-state index in [9.17, 15) is 19.5 Å². The minimum atomic E-state index is -1.15. The summed E-state index contributed by atoms with van der Waals surface area (Å²) in [7, 11) is 0. The molecule has 0 aromatic rings. The van der Waals surface area contributed by atoms with Crippen LogP contribution >= 0.6 is 0 Å². The summed E-state index contributed by atoms with van der Waals surface area (Å²) < 4.78 is 17.6. The Morgan fingerprint density at radius 3 is 2.62 bits per heavy atom. The minimum Gasteiger partial charge on any atom is -0.465 e. The van der Waals surface area contributed by atoms with Crippen LogP contribution in [0.2, 0.25) is 0 Å². The molecule has 0 radical (unpaired) electrons. The Bertz CT molecular complexity index is 906. The number of hydrogen-bond acceptors (Lipinski definition) is 8. The molecule has 4 aliphatic rings. The van der Waals surface area contributed by atoms with Gasteiger partial charge in [-0.15, -0.1) is 13.2 Å². The van der Waals surface area contributed by atoms with Crippen LogP contribution in [-0.4, -0.2) is 121 Å². The van der Waals surface area contributed by atoms with Crippen molar-refractivity contribution in [3.8, 4) is 0 Å². The highest BCUT2D eigenvalue weighted by molar-refractivity contribution is 5.98. The molecule has 2 amide bonds. The number of likely N-dealkylation sites (tertiary alicyclic amines) is 1. The van der Waals surface area contributed by atoms with Gasteiger partial charge in [0.1, 0.15) is 17.6 Å². The zero-order valence-corrected chi connectivity index (χ0v) is 22.1. The van der Waals surface area contributed by atoms with Crippen LogP contribution in [0.25, 0.3) is 0 Å². The molecule has 0 aromatic carbocycles. The van der Waals surface area contributed by atoms with Crippen LogP contribution in [0, 0.1) is 17.8 Å². The summed E-state index contributed by atoms with van der Waals surface area (Å²) in [4.78, 5) is 46.8. The van der Waals surface area contributed by atoms with E-state index in [-0.39, 0.29) is 37.5 Å². The van der Waals surface area contributed by atoms with Gasteiger partial charge in [0.2, 0.25) is 11.8 Å². The van der Waals surface area contributed by atoms with Gasteiger partial charge < -0.3 is 29.1 Å². The van der Waals surface area contributed by atoms with E-state index < -0.39 is 35.0 Å². The number of amides is 2. The van der Waals surface area contributed by atoms with Crippen molar-refractivity contribution in [2.45, 2.75) is 43.9 Å². The van der Waals surface area contributed by atoms with Gasteiger partial charge in [-0.3, -0.25) is 19.3 Å². The third kappa shape index (κ3) is 4.73. The summed E-state index contributed by atoms with van der Waals surface area (Å²) in [5, 5.41) is 9.82. The molecular weight excluding hydrogens is 478 g/mol. The summed E-state index contributed by atoms with van der Waals surface area (Å²) in [5.41, 5.74) is -2.08. The molecule has 4 aliphatic heterocycles. The van der Waals surface area contributed by atoms with Crippen LogP contribution in [0.15, 0.2) is 25.3 Å². The maximum atomic E-state index is 14.2. The topological polar surface area (TPSA) is 109 Å². The van der Waals surface area contributed by atoms with E-state index in [2.05, 4.69) is 18.1 Å². The number of esters is 1. The number of carbonyl (C=O) groups is 3. The summed E-state index contributed by atoms with van der Waals surface area (Å²) in [6.45, 7) is 15.6. The first-order valence-corrected chi connectivity index (χ1v) is 13.3. The van der Waals surface area contributed by atoms with Gasteiger partial charge in [-0.25, -0.2) is 0 Å². The maximum absolute atomic E-state index is 14.2. The van der Waals surface area contributed by atoms with Crippen molar-refractivity contribution < 1.29 is 33.7 Å². The number of morpholine rings is 1. The van der Waals surface area contributed by atoms with Crippen LogP contribution in [-0.2, 0) is 28.6 Å². The van der Waals surface area contributed by atoms with Gasteiger partial charge in [0, 0.05) is 39.3 Å². The molecule has 0 aliphatic carbocycles. The molecular formula is C27H41N3O7. The Kier molecular flexibility index (Phi) is 8.42. The van der Waals surface area contributed by atoms with Crippen LogP contribution < -0.4 is 0 Å². The fraction of sp³-hybridized carbons (Fsp3) is 0.741. The predicted octanol–water partition coefficient (Wildman–Crippen LogP) is 0.456. The summed E-state index contributed by atoms with van der Waals surface area (Å²) in [6, 6.07) is -0.933. The Morgan fingerprint density at radius 2 is 1.97 bits per heavy atom. The van der Waals surface area contributed by atoms with Crippen molar-refractivity contribution in [2.75, 3.05) is 65.7 Å². The first-order valence-electron chi connectivity index (χ1n) is 13.3. The summed E-state index contributed by atoms with van der Waals surface area (Å²) in [5.74, 6) is -2.79. The molecule has 1 spiro atoms. The zero-order chi connectivity index (χ0) is 26.8. The van der Waals surface area contributed by atoms with Crippen LogP contribution in [0.3, 0.4) is 0 Å². The highest BCUT2D eigenvalue weighted by atomic mass is 16.6. The number of hydrogen-bond donors (Lipinski definition) is 1. The molecule has 0 saturated carbocycles. The highest BCUT2D eigenvalue weighted by Gasteiger charge is 2.80. The third-order valence-electron chi connectivity index (χ3n) is 8.66. The number of aliphatic hydroxyl groups is 1. The second-order valence-corrected chi connectivity index (χ2v) is 10.7. The molecule has 4 saturated heterocycles. The molecule has 10 heteroatoms. The van der Waals surface area contributed by atoms with E-state index >= 15 is 0 Å². The lowest BCUT2D eigenvalue weighted by Gasteiger charge is -2.38. The molecule has 10 nitrogen and oxygen atoms in total. The molecule has 1 N–H and O–H groups in total. The number of β-amino-alcohol motifs (C(OH)–C–C–N with tert-alkyl or cyclic N) is 1. The lowest BCUT2D eigenvalue weighted by atomic mass is 9.62. The van der Waals surface area contributed by atoms with Gasteiger partial charge >= 0.3 is 5.97 Å². The second-order valence-electron chi connectivity index (χ2n) is 10.7. The molecule has 6 atom stereocenters. The van der Waals surface area contributed by atoms with Crippen LogP contribution in [0.5, 0.6) is 0 Å². The summed E-state index contributed by atoms with van der Waals surface area (Å²) >= 11 is 0. The molecule has 4 rings (SSSR count). The van der Waals surface area contributed by atoms with E-state index in [1.165, 1.54) is 4.90 Å². The van der Waals surface area contributed by atoms with Gasteiger partial charge in [-0.1, -0.05) is 19.1 Å². The molecule has 37 heavy (non-hydrogen) atoms. The number of nitrogens with zero attached hydrogens (tertiary/aromatic N) is 3. The zero-order valence-electron chi connectivity index (χ0n) is 22.1. The van der Waals surface area contributed by atoms with Crippen molar-refractivity contribution in [1.82, 2.24) is 14.7 Å². The van der Waals surface area contributed by atoms with Gasteiger partial charge in [0.15, 0.2) is 0 Å². The number of rotatable bonds is 12. The Hall–Kier alpha value is -2.27. The highest BCUT2D eigenvalue weighted by Crippen LogP contribution is 2.65. The van der Waals surface area contributed by atoms with Crippen LogP contribution in [0.4, 0.5) is 0 Å². The van der Waals surface area contributed by atoms with E-state index in [4.69, 9.17) is 14.2 Å². The largest absolute Gasteiger partial charge is 0.465 e. The second kappa shape index (κ2) is 11.2. The van der Waals surface area contributed by atoms with Crippen molar-refractivity contribution in [3.05, 3.63) is 25.3 Å². The lowest BCUT2D eigenvalue weighted by molar-refractivity contribution is -0.162. The summed E-state index contributed by atoms with van der Waals surface area (Å²) in [6.07, 6.45) is 4.32. The van der Waals surface area contributed by atoms with E-state index in [1.54, 1.807) is 17.1 Å². The van der Waals surface area contributed by atoms with Crippen molar-refractivity contribution in [1.29, 1.82) is 0 Å². The molecule has 3 unspecified atom stereocenters. The fourth-order valence-corrected chi connectivity index (χ4v) is 6.76. The maximum Gasteiger partial charge on any atom is 0.312 e. The Morgan fingerprint density at radius 1 is 1.24 bits per heavy atom. The lowest BCUT2D eigenvalue weighted by Crippen LogP contribution is -2.57. The van der Waals surface area contributed by atoms with Gasteiger partial charge in [-0.05, 0) is 25.7 Å². The van der Waals surface area contributed by atoms with Crippen molar-refractivity contribution >= 4 is 17.8 Å². The number of fused-ring (bicyclic) bond motifs is 1. The molecule has 4 heterocycles. The third-order valence-corrected chi connectivity index (χ3v) is 8.66. The van der Waals surface area contributed by atoms with Gasteiger partial charge in [-0.2, -0.15) is 0 Å². The Balaban J connectivity index is 1.64. The van der Waals surface area contributed by atoms with E-state index in [1.807, 2.05) is 13.8 Å². The van der Waals surface area contributed by atoms with Crippen molar-refractivity contribution in [2.24, 2.45) is 17.8 Å². The van der Waals surface area contributed by atoms with E-state index in [0.29, 0.717) is 45.7 Å². The van der Waals surface area contributed by atoms with Gasteiger partial charge in [0.25, 0.3) is 0 Å². The SMILES string of the molecule is C=CCCOC(=O)[C@@H]1[C@H]2C(=O)N(CCO)C(C(=O)N(CC=C)CCN3CCOCC3)C23CC(C)[C@@]1(C)O3. The molecule has 2 bridgehead atoms. The Labute approximate surface area is 219 Å². The minimum absolute atomic E-state index is 0.00836. The number of ether oxygens (including phenoxy) is 3. The smallest absolute Gasteiger partial charge is 0.312 e. The number of aliphatic hydroxyl groups excluding tert-OH is 1. The first kappa shape index (κ1) is 27.8. The molecule has 206 valence electrons. The predicted molar refractivity (Wildman–Crippen MR) is 135 cm³/mol. The average Bonchev–Trinajstić information content (AvgIpc) is 3.39. The molecule has 4 fully saturated rings.